The summed E-state index contributed by atoms with van der Waals surface area (Å²) < 4.78 is 73.2. The van der Waals surface area contributed by atoms with E-state index in [1.165, 1.54) is 19.3 Å². The Morgan fingerprint density at radius 1 is 0.720 bits per heavy atom. The van der Waals surface area contributed by atoms with E-state index in [2.05, 4.69) is 6.92 Å². The Kier molecular flexibility index (Phi) is 14.6. The van der Waals surface area contributed by atoms with Crippen LogP contribution in [0.2, 0.25) is 0 Å². The third-order valence-electron chi connectivity index (χ3n) is 3.35. The molecule has 0 radical (unpaired) electrons. The van der Waals surface area contributed by atoms with Crippen LogP contribution in [0.3, 0.4) is 0 Å². The molecule has 0 aromatic heterocycles. The molecule has 0 aliphatic rings. The highest BCUT2D eigenvalue weighted by Crippen LogP contribution is 2.33. The van der Waals surface area contributed by atoms with Crippen molar-refractivity contribution in [3.05, 3.63) is 0 Å². The van der Waals surface area contributed by atoms with Crippen molar-refractivity contribution in [2.75, 3.05) is 6.54 Å². The average molecular weight is 383 g/mol. The quantitative estimate of drug-likeness (QED) is 0.244. The number of carbonyl (C=O) groups is 1. The minimum Gasteiger partial charge on any atom is -0.450 e. The molecule has 25 heavy (non-hydrogen) atoms. The molecule has 0 aliphatic carbocycles. The summed E-state index contributed by atoms with van der Waals surface area (Å²) in [7, 11) is 0. The van der Waals surface area contributed by atoms with Crippen LogP contribution in [-0.2, 0) is 0 Å². The van der Waals surface area contributed by atoms with Gasteiger partial charge in [-0.15, -0.1) is 4.90 Å². The van der Waals surface area contributed by atoms with E-state index in [1.54, 1.807) is 0 Å². The predicted molar refractivity (Wildman–Crippen MR) is 81.3 cm³/mol. The van der Waals surface area contributed by atoms with E-state index in [0.29, 0.717) is 12.8 Å². The molecule has 0 aliphatic heterocycles. The van der Waals surface area contributed by atoms with Crippen molar-refractivity contribution in [3.63, 3.8) is 0 Å². The fraction of sp³-hybridized carbons (Fsp3) is 0.933. The molecule has 0 unspecified atom stereocenters. The van der Waals surface area contributed by atoms with Crippen molar-refractivity contribution in [3.8, 4) is 0 Å². The Morgan fingerprint density at radius 3 is 1.28 bits per heavy atom. The molecule has 0 heterocycles. The summed E-state index contributed by atoms with van der Waals surface area (Å²) in [5.74, 6) is 0. The minimum absolute atomic E-state index is 0.0884. The van der Waals surface area contributed by atoms with Gasteiger partial charge in [0.2, 0.25) is 0 Å². The topological polar surface area (TPSA) is 60.8 Å². The van der Waals surface area contributed by atoms with Crippen LogP contribution < -0.4 is 0 Å². The summed E-state index contributed by atoms with van der Waals surface area (Å²) in [5.41, 5.74) is 0. The summed E-state index contributed by atoms with van der Waals surface area (Å²) in [4.78, 5) is 7.21. The number of carboxylic acid groups (broad SMARTS) is 2. The highest BCUT2D eigenvalue weighted by molar-refractivity contribution is 5.53. The lowest BCUT2D eigenvalue weighted by Gasteiger charge is -2.26. The van der Waals surface area contributed by atoms with Gasteiger partial charge in [-0.3, -0.25) is 0 Å². The largest absolute Gasteiger partial charge is 0.503 e. The number of alkyl halides is 6. The van der Waals surface area contributed by atoms with Crippen LogP contribution in [0, 0.1) is 0 Å². The SMILES string of the molecule is CCCCCCCCCCCCN(C(F)(F)F)C(F)(F)F.O=C(O)O. The summed E-state index contributed by atoms with van der Waals surface area (Å²) >= 11 is 0. The van der Waals surface area contributed by atoms with Gasteiger partial charge in [-0.05, 0) is 6.42 Å². The fourth-order valence-corrected chi connectivity index (χ4v) is 2.15. The Labute approximate surface area is 143 Å². The van der Waals surface area contributed by atoms with Crippen LogP contribution in [0.25, 0.3) is 0 Å². The Hall–Kier alpha value is -1.19. The number of unbranched alkanes of at least 4 members (excludes halogenated alkanes) is 9. The lowest BCUT2D eigenvalue weighted by Crippen LogP contribution is -2.48. The van der Waals surface area contributed by atoms with Crippen molar-refractivity contribution in [1.29, 1.82) is 0 Å². The molecule has 10 heteroatoms. The Balaban J connectivity index is 0. The molecule has 0 rings (SSSR count). The van der Waals surface area contributed by atoms with Gasteiger partial charge < -0.3 is 10.2 Å². The number of halogens is 6. The molecule has 0 fully saturated rings. The van der Waals surface area contributed by atoms with Gasteiger partial charge in [0.15, 0.2) is 0 Å². The molecular formula is C15H27F6NO3. The molecule has 0 saturated heterocycles. The maximum absolute atomic E-state index is 12.2. The normalized spacial score (nSPS) is 12.0. The zero-order valence-corrected chi connectivity index (χ0v) is 14.3. The molecule has 2 N–H and O–H groups in total. The number of rotatable bonds is 11. The summed E-state index contributed by atoms with van der Waals surface area (Å²) in [6.45, 7) is 1.12. The van der Waals surface area contributed by atoms with Crippen molar-refractivity contribution in [1.82, 2.24) is 4.90 Å². The van der Waals surface area contributed by atoms with Gasteiger partial charge in [-0.2, -0.15) is 26.3 Å². The van der Waals surface area contributed by atoms with Gasteiger partial charge >= 0.3 is 18.8 Å². The maximum Gasteiger partial charge on any atom is 0.503 e. The Morgan fingerprint density at radius 2 is 1.00 bits per heavy atom. The van der Waals surface area contributed by atoms with Gasteiger partial charge in [0.1, 0.15) is 0 Å². The molecule has 0 saturated carbocycles. The third kappa shape index (κ3) is 19.0. The van der Waals surface area contributed by atoms with E-state index in [4.69, 9.17) is 15.0 Å². The first-order valence-corrected chi connectivity index (χ1v) is 8.26. The second-order valence-corrected chi connectivity index (χ2v) is 5.55. The molecule has 4 nitrogen and oxygen atoms in total. The minimum atomic E-state index is -5.35. The van der Waals surface area contributed by atoms with Crippen LogP contribution in [0.5, 0.6) is 0 Å². The van der Waals surface area contributed by atoms with E-state index in [1.807, 2.05) is 0 Å². The fourth-order valence-electron chi connectivity index (χ4n) is 2.15. The maximum atomic E-state index is 12.2. The average Bonchev–Trinajstić information content (AvgIpc) is 2.41. The number of hydrogen-bond donors (Lipinski definition) is 2. The lowest BCUT2D eigenvalue weighted by molar-refractivity contribution is -0.372. The second-order valence-electron chi connectivity index (χ2n) is 5.55. The van der Waals surface area contributed by atoms with Crippen molar-refractivity contribution < 1.29 is 41.4 Å². The van der Waals surface area contributed by atoms with Gasteiger partial charge in [-0.25, -0.2) is 4.79 Å². The molecule has 0 amide bonds. The summed E-state index contributed by atoms with van der Waals surface area (Å²) in [6, 6.07) is 0. The summed E-state index contributed by atoms with van der Waals surface area (Å²) in [5, 5.41) is 13.9. The predicted octanol–water partition coefficient (Wildman–Crippen LogP) is 6.47. The number of nitrogens with zero attached hydrogens (tertiary/aromatic N) is 1. The van der Waals surface area contributed by atoms with Gasteiger partial charge in [0.25, 0.3) is 0 Å². The van der Waals surface area contributed by atoms with E-state index in [-0.39, 0.29) is 6.42 Å². The van der Waals surface area contributed by atoms with E-state index < -0.39 is 30.2 Å². The molecule has 0 atom stereocenters. The highest BCUT2D eigenvalue weighted by Gasteiger charge is 2.53. The van der Waals surface area contributed by atoms with E-state index >= 15 is 0 Å². The van der Waals surface area contributed by atoms with Crippen molar-refractivity contribution in [2.45, 2.75) is 83.7 Å². The van der Waals surface area contributed by atoms with Crippen LogP contribution in [0.15, 0.2) is 0 Å². The monoisotopic (exact) mass is 383 g/mol. The van der Waals surface area contributed by atoms with Crippen LogP contribution in [-0.4, -0.2) is 40.4 Å². The molecule has 0 aromatic rings. The highest BCUT2D eigenvalue weighted by atomic mass is 19.4. The van der Waals surface area contributed by atoms with Gasteiger partial charge in [0.05, 0.1) is 0 Å². The van der Waals surface area contributed by atoms with Gasteiger partial charge in [0, 0.05) is 6.54 Å². The van der Waals surface area contributed by atoms with Crippen molar-refractivity contribution >= 4 is 6.16 Å². The van der Waals surface area contributed by atoms with E-state index in [9.17, 15) is 26.3 Å². The Bertz CT molecular complexity index is 316. The molecule has 0 aromatic carbocycles. The smallest absolute Gasteiger partial charge is 0.450 e. The van der Waals surface area contributed by atoms with Gasteiger partial charge in [-0.1, -0.05) is 64.7 Å². The molecule has 0 spiro atoms. The van der Waals surface area contributed by atoms with Crippen LogP contribution in [0.4, 0.5) is 31.1 Å². The molecule has 0 bridgehead atoms. The van der Waals surface area contributed by atoms with Crippen molar-refractivity contribution in [2.24, 2.45) is 0 Å². The third-order valence-corrected chi connectivity index (χ3v) is 3.35. The standard InChI is InChI=1S/C14H25F6N.CH2O3/c1-2-3-4-5-6-7-8-9-10-11-12-21(13(15,16)17)14(18,19)20;2-1(3)4/h2-12H2,1H3;(H2,2,3,4). The lowest BCUT2D eigenvalue weighted by atomic mass is 10.1. The first-order valence-electron chi connectivity index (χ1n) is 8.26. The zero-order chi connectivity index (χ0) is 19.9. The zero-order valence-electron chi connectivity index (χ0n) is 14.3. The van der Waals surface area contributed by atoms with E-state index in [0.717, 1.165) is 25.7 Å². The molecule has 152 valence electrons. The second kappa shape index (κ2) is 14.0. The molecular weight excluding hydrogens is 356 g/mol. The first kappa shape index (κ1) is 26.0. The first-order chi connectivity index (χ1) is 11.4. The summed E-state index contributed by atoms with van der Waals surface area (Å²) in [6.07, 6.45) is -3.81. The van der Waals surface area contributed by atoms with Crippen LogP contribution >= 0.6 is 0 Å². The van der Waals surface area contributed by atoms with Crippen LogP contribution in [0.1, 0.15) is 71.1 Å². The number of hydrogen-bond acceptors (Lipinski definition) is 2.